The van der Waals surface area contributed by atoms with Crippen LogP contribution >= 0.6 is 0 Å². The second-order valence-electron chi connectivity index (χ2n) is 4.92. The lowest BCUT2D eigenvalue weighted by Crippen LogP contribution is -2.35. The molecule has 1 saturated heterocycles. The summed E-state index contributed by atoms with van der Waals surface area (Å²) in [5, 5.41) is 0. The number of benzene rings is 1. The van der Waals surface area contributed by atoms with E-state index in [1.54, 1.807) is 4.90 Å². The molecular weight excluding hydrogens is 228 g/mol. The normalized spacial score (nSPS) is 19.1. The van der Waals surface area contributed by atoms with Gasteiger partial charge in [0, 0.05) is 19.1 Å². The molecule has 1 heterocycles. The molecule has 0 saturated carbocycles. The summed E-state index contributed by atoms with van der Waals surface area (Å²) in [5.41, 5.74) is 8.16. The summed E-state index contributed by atoms with van der Waals surface area (Å²) in [5.74, 6) is 0.760. The van der Waals surface area contributed by atoms with Crippen LogP contribution in [-0.4, -0.2) is 36.5 Å². The maximum absolute atomic E-state index is 11.9. The number of nitrogens with two attached hydrogens (primary N) is 1. The summed E-state index contributed by atoms with van der Waals surface area (Å²) in [6, 6.07) is 5.97. The maximum Gasteiger partial charge on any atom is 0.260 e. The van der Waals surface area contributed by atoms with Crippen LogP contribution in [0.4, 0.5) is 0 Å². The number of aryl methyl sites for hydroxylation is 2. The molecule has 0 radical (unpaired) electrons. The zero-order valence-electron chi connectivity index (χ0n) is 11.0. The molecule has 2 rings (SSSR count). The number of amides is 1. The van der Waals surface area contributed by atoms with E-state index in [2.05, 4.69) is 6.92 Å². The fourth-order valence-corrected chi connectivity index (χ4v) is 2.05. The molecule has 98 valence electrons. The third kappa shape index (κ3) is 3.01. The van der Waals surface area contributed by atoms with Gasteiger partial charge >= 0.3 is 0 Å². The van der Waals surface area contributed by atoms with Crippen molar-refractivity contribution in [3.05, 3.63) is 29.3 Å². The van der Waals surface area contributed by atoms with Crippen LogP contribution < -0.4 is 10.5 Å². The van der Waals surface area contributed by atoms with Crippen molar-refractivity contribution in [3.63, 3.8) is 0 Å². The van der Waals surface area contributed by atoms with Crippen molar-refractivity contribution >= 4 is 5.91 Å². The Labute approximate surface area is 108 Å². The average Bonchev–Trinajstić information content (AvgIpc) is 2.77. The van der Waals surface area contributed by atoms with E-state index < -0.39 is 0 Å². The predicted molar refractivity (Wildman–Crippen MR) is 70.6 cm³/mol. The molecule has 18 heavy (non-hydrogen) atoms. The minimum atomic E-state index is 0.0150. The van der Waals surface area contributed by atoms with E-state index in [9.17, 15) is 4.79 Å². The van der Waals surface area contributed by atoms with E-state index in [-0.39, 0.29) is 18.6 Å². The number of likely N-dealkylation sites (tertiary alicyclic amines) is 1. The highest BCUT2D eigenvalue weighted by Crippen LogP contribution is 2.16. The first-order valence-corrected chi connectivity index (χ1v) is 6.29. The first-order valence-electron chi connectivity index (χ1n) is 6.29. The zero-order chi connectivity index (χ0) is 13.1. The van der Waals surface area contributed by atoms with E-state index in [1.807, 2.05) is 25.1 Å². The Morgan fingerprint density at radius 2 is 2.22 bits per heavy atom. The van der Waals surface area contributed by atoms with Crippen molar-refractivity contribution in [1.29, 1.82) is 0 Å². The third-order valence-corrected chi connectivity index (χ3v) is 3.42. The highest BCUT2D eigenvalue weighted by molar-refractivity contribution is 5.78. The van der Waals surface area contributed by atoms with Gasteiger partial charge in [-0.25, -0.2) is 0 Å². The molecule has 0 bridgehead atoms. The van der Waals surface area contributed by atoms with E-state index in [0.29, 0.717) is 6.54 Å². The Hall–Kier alpha value is -1.55. The van der Waals surface area contributed by atoms with Gasteiger partial charge in [-0.1, -0.05) is 6.07 Å². The minimum Gasteiger partial charge on any atom is -0.484 e. The van der Waals surface area contributed by atoms with E-state index >= 15 is 0 Å². The van der Waals surface area contributed by atoms with Crippen molar-refractivity contribution in [3.8, 4) is 5.75 Å². The second kappa shape index (κ2) is 5.40. The Bertz CT molecular complexity index is 445. The molecule has 4 heteroatoms. The van der Waals surface area contributed by atoms with E-state index in [0.717, 1.165) is 18.7 Å². The van der Waals surface area contributed by atoms with Crippen LogP contribution in [0.15, 0.2) is 18.2 Å². The van der Waals surface area contributed by atoms with Crippen LogP contribution in [-0.2, 0) is 4.79 Å². The summed E-state index contributed by atoms with van der Waals surface area (Å²) < 4.78 is 5.52. The van der Waals surface area contributed by atoms with Crippen molar-refractivity contribution in [2.75, 3.05) is 19.7 Å². The fourth-order valence-electron chi connectivity index (χ4n) is 2.05. The Balaban J connectivity index is 1.87. The zero-order valence-corrected chi connectivity index (χ0v) is 11.0. The van der Waals surface area contributed by atoms with Gasteiger partial charge in [-0.3, -0.25) is 4.79 Å². The van der Waals surface area contributed by atoms with Crippen molar-refractivity contribution in [2.45, 2.75) is 26.3 Å². The molecule has 0 aromatic heterocycles. The van der Waals surface area contributed by atoms with E-state index in [1.165, 1.54) is 11.1 Å². The largest absolute Gasteiger partial charge is 0.484 e. The average molecular weight is 248 g/mol. The summed E-state index contributed by atoms with van der Waals surface area (Å²) in [6.07, 6.45) is 0.884. The summed E-state index contributed by atoms with van der Waals surface area (Å²) in [6.45, 7) is 5.57. The van der Waals surface area contributed by atoms with Crippen LogP contribution in [0.25, 0.3) is 0 Å². The van der Waals surface area contributed by atoms with Gasteiger partial charge in [-0.15, -0.1) is 0 Å². The number of hydrogen-bond acceptors (Lipinski definition) is 3. The van der Waals surface area contributed by atoms with Crippen LogP contribution in [0.1, 0.15) is 17.5 Å². The van der Waals surface area contributed by atoms with Gasteiger partial charge in [0.2, 0.25) is 0 Å². The number of carbonyl (C=O) groups excluding carboxylic acids is 1. The van der Waals surface area contributed by atoms with Crippen LogP contribution in [0.2, 0.25) is 0 Å². The highest BCUT2D eigenvalue weighted by atomic mass is 16.5. The lowest BCUT2D eigenvalue weighted by molar-refractivity contribution is -0.132. The number of rotatable bonds is 3. The quantitative estimate of drug-likeness (QED) is 0.875. The fraction of sp³-hybridized carbons (Fsp3) is 0.500. The molecule has 0 spiro atoms. The SMILES string of the molecule is Cc1ccc(OCC(=O)N2CC[C@@H](N)C2)cc1C. The first kappa shape index (κ1) is 12.9. The van der Waals surface area contributed by atoms with Crippen LogP contribution in [0.3, 0.4) is 0 Å². The Morgan fingerprint density at radius 3 is 2.83 bits per heavy atom. The topological polar surface area (TPSA) is 55.6 Å². The molecular formula is C14H20N2O2. The van der Waals surface area contributed by atoms with Gasteiger partial charge in [0.15, 0.2) is 6.61 Å². The van der Waals surface area contributed by atoms with Gasteiger partial charge in [0.25, 0.3) is 5.91 Å². The first-order chi connectivity index (χ1) is 8.56. The maximum atomic E-state index is 11.9. The Kier molecular flexibility index (Phi) is 3.87. The molecule has 1 aliphatic rings. The third-order valence-electron chi connectivity index (χ3n) is 3.42. The number of nitrogens with zero attached hydrogens (tertiary/aromatic N) is 1. The number of hydrogen-bond donors (Lipinski definition) is 1. The smallest absolute Gasteiger partial charge is 0.260 e. The summed E-state index contributed by atoms with van der Waals surface area (Å²) in [7, 11) is 0. The molecule has 0 unspecified atom stereocenters. The molecule has 1 amide bonds. The van der Waals surface area contributed by atoms with E-state index in [4.69, 9.17) is 10.5 Å². The summed E-state index contributed by atoms with van der Waals surface area (Å²) in [4.78, 5) is 13.6. The van der Waals surface area contributed by atoms with Crippen molar-refractivity contribution in [1.82, 2.24) is 4.90 Å². The standard InChI is InChI=1S/C14H20N2O2/c1-10-3-4-13(7-11(10)2)18-9-14(17)16-6-5-12(15)8-16/h3-4,7,12H,5-6,8-9,15H2,1-2H3/t12-/m1/s1. The van der Waals surface area contributed by atoms with Crippen molar-refractivity contribution in [2.24, 2.45) is 5.73 Å². The Morgan fingerprint density at radius 1 is 1.44 bits per heavy atom. The monoisotopic (exact) mass is 248 g/mol. The van der Waals surface area contributed by atoms with Crippen molar-refractivity contribution < 1.29 is 9.53 Å². The molecule has 1 atom stereocenters. The molecule has 1 aromatic carbocycles. The lowest BCUT2D eigenvalue weighted by Gasteiger charge is -2.16. The number of ether oxygens (including phenoxy) is 1. The minimum absolute atomic E-state index is 0.0150. The molecule has 2 N–H and O–H groups in total. The van der Waals surface area contributed by atoms with Crippen LogP contribution in [0, 0.1) is 13.8 Å². The second-order valence-corrected chi connectivity index (χ2v) is 4.92. The lowest BCUT2D eigenvalue weighted by atomic mass is 10.1. The van der Waals surface area contributed by atoms with Crippen LogP contribution in [0.5, 0.6) is 5.75 Å². The van der Waals surface area contributed by atoms with Gasteiger partial charge < -0.3 is 15.4 Å². The molecule has 1 aromatic rings. The van der Waals surface area contributed by atoms with Gasteiger partial charge in [-0.2, -0.15) is 0 Å². The predicted octanol–water partition coefficient (Wildman–Crippen LogP) is 1.24. The molecule has 1 aliphatic heterocycles. The molecule has 1 fully saturated rings. The number of carbonyl (C=O) groups is 1. The highest BCUT2D eigenvalue weighted by Gasteiger charge is 2.23. The van der Waals surface area contributed by atoms with Gasteiger partial charge in [0.05, 0.1) is 0 Å². The molecule has 4 nitrogen and oxygen atoms in total. The van der Waals surface area contributed by atoms with Gasteiger partial charge in [0.1, 0.15) is 5.75 Å². The summed E-state index contributed by atoms with van der Waals surface area (Å²) >= 11 is 0. The van der Waals surface area contributed by atoms with Gasteiger partial charge in [-0.05, 0) is 43.5 Å². The molecule has 0 aliphatic carbocycles.